The number of ether oxygens (including phenoxy) is 1. The molecule has 0 aliphatic heterocycles. The van der Waals surface area contributed by atoms with Gasteiger partial charge in [-0.1, -0.05) is 56.2 Å². The number of hydrogen-bond acceptors (Lipinski definition) is 3. The molecule has 4 rings (SSSR count). The van der Waals surface area contributed by atoms with E-state index in [1.165, 1.54) is 25.0 Å². The maximum atomic E-state index is 15.2. The Bertz CT molecular complexity index is 1290. The lowest BCUT2D eigenvalue weighted by atomic mass is 9.99. The summed E-state index contributed by atoms with van der Waals surface area (Å²) in [6.45, 7) is 0.847. The van der Waals surface area contributed by atoms with Gasteiger partial charge in [0.1, 0.15) is 11.6 Å². The molecule has 0 radical (unpaired) electrons. The Hall–Kier alpha value is -3.48. The first-order valence-electron chi connectivity index (χ1n) is 12.1. The van der Waals surface area contributed by atoms with Crippen LogP contribution in [0.1, 0.15) is 42.9 Å². The smallest absolute Gasteiger partial charge is 0.422 e. The third-order valence-corrected chi connectivity index (χ3v) is 6.08. The van der Waals surface area contributed by atoms with E-state index in [-0.39, 0.29) is 11.6 Å². The van der Waals surface area contributed by atoms with Gasteiger partial charge in [-0.15, -0.1) is 0 Å². The molecule has 0 saturated heterocycles. The summed E-state index contributed by atoms with van der Waals surface area (Å²) < 4.78 is 56.8. The van der Waals surface area contributed by atoms with Crippen molar-refractivity contribution in [1.29, 1.82) is 0 Å². The van der Waals surface area contributed by atoms with E-state index >= 15 is 4.39 Å². The maximum Gasteiger partial charge on any atom is 0.422 e. The van der Waals surface area contributed by atoms with Gasteiger partial charge in [0.25, 0.3) is 0 Å². The lowest BCUT2D eigenvalue weighted by molar-refractivity contribution is -0.153. The molecule has 1 heterocycles. The van der Waals surface area contributed by atoms with E-state index < -0.39 is 12.8 Å². The average molecular weight is 497 g/mol. The van der Waals surface area contributed by atoms with E-state index in [4.69, 9.17) is 4.74 Å². The molecule has 1 aromatic heterocycles. The Morgan fingerprint density at radius 1 is 0.806 bits per heavy atom. The van der Waals surface area contributed by atoms with Crippen LogP contribution in [0.25, 0.3) is 22.2 Å². The van der Waals surface area contributed by atoms with E-state index in [1.807, 2.05) is 30.6 Å². The molecule has 0 amide bonds. The van der Waals surface area contributed by atoms with Gasteiger partial charge >= 0.3 is 6.18 Å². The van der Waals surface area contributed by atoms with Gasteiger partial charge in [0, 0.05) is 23.3 Å². The quantitative estimate of drug-likeness (QED) is 0.165. The fourth-order valence-electron chi connectivity index (χ4n) is 4.08. The number of fused-ring (bicyclic) bond motifs is 1. The van der Waals surface area contributed by atoms with E-state index in [1.54, 1.807) is 24.3 Å². The molecular weight excluding hydrogens is 468 g/mol. The largest absolute Gasteiger partial charge is 0.484 e. The number of unbranched alkanes of at least 4 members (excludes halogenated alkanes) is 2. The number of aromatic nitrogens is 2. The van der Waals surface area contributed by atoms with Crippen LogP contribution in [0.4, 0.5) is 17.6 Å². The molecule has 3 aromatic carbocycles. The SMILES string of the molecule is CCCCCc1cnc(-c2ccc3c(F)c(CCc4ccc(OCC(F)(F)F)cc4)ccc3c2)nc1. The van der Waals surface area contributed by atoms with Crippen LogP contribution in [0.3, 0.4) is 0 Å². The topological polar surface area (TPSA) is 35.0 Å². The van der Waals surface area contributed by atoms with E-state index in [0.29, 0.717) is 29.6 Å². The Balaban J connectivity index is 1.41. The summed E-state index contributed by atoms with van der Waals surface area (Å²) >= 11 is 0. The predicted octanol–water partition coefficient (Wildman–Crippen LogP) is 7.89. The average Bonchev–Trinajstić information content (AvgIpc) is 2.88. The molecule has 0 unspecified atom stereocenters. The van der Waals surface area contributed by atoms with Crippen LogP contribution < -0.4 is 4.74 Å². The Morgan fingerprint density at radius 2 is 1.56 bits per heavy atom. The third-order valence-electron chi connectivity index (χ3n) is 6.08. The van der Waals surface area contributed by atoms with Crippen molar-refractivity contribution >= 4 is 10.8 Å². The van der Waals surface area contributed by atoms with Crippen LogP contribution in [0.2, 0.25) is 0 Å². The molecule has 36 heavy (non-hydrogen) atoms. The number of benzene rings is 3. The number of aryl methyl sites for hydroxylation is 3. The summed E-state index contributed by atoms with van der Waals surface area (Å²) in [4.78, 5) is 9.00. The van der Waals surface area contributed by atoms with Crippen LogP contribution in [0.5, 0.6) is 5.75 Å². The van der Waals surface area contributed by atoms with Crippen LogP contribution in [-0.4, -0.2) is 22.8 Å². The van der Waals surface area contributed by atoms with Crippen molar-refractivity contribution < 1.29 is 22.3 Å². The fourth-order valence-corrected chi connectivity index (χ4v) is 4.08. The molecule has 4 aromatic rings. The van der Waals surface area contributed by atoms with Gasteiger partial charge in [-0.2, -0.15) is 13.2 Å². The van der Waals surface area contributed by atoms with E-state index in [2.05, 4.69) is 16.9 Å². The lowest BCUT2D eigenvalue weighted by Crippen LogP contribution is -2.19. The van der Waals surface area contributed by atoms with Crippen LogP contribution in [-0.2, 0) is 19.3 Å². The summed E-state index contributed by atoms with van der Waals surface area (Å²) in [7, 11) is 0. The van der Waals surface area contributed by atoms with Gasteiger partial charge < -0.3 is 4.74 Å². The van der Waals surface area contributed by atoms with Crippen molar-refractivity contribution in [2.24, 2.45) is 0 Å². The third kappa shape index (κ3) is 6.80. The van der Waals surface area contributed by atoms with Gasteiger partial charge in [0.15, 0.2) is 12.4 Å². The van der Waals surface area contributed by atoms with Crippen molar-refractivity contribution in [2.45, 2.75) is 51.6 Å². The van der Waals surface area contributed by atoms with Gasteiger partial charge in [-0.3, -0.25) is 0 Å². The summed E-state index contributed by atoms with van der Waals surface area (Å²) in [5.41, 5.74) is 3.43. The van der Waals surface area contributed by atoms with Crippen molar-refractivity contribution in [3.63, 3.8) is 0 Å². The summed E-state index contributed by atoms with van der Waals surface area (Å²) in [6.07, 6.45) is 4.82. The van der Waals surface area contributed by atoms with Crippen molar-refractivity contribution in [1.82, 2.24) is 9.97 Å². The van der Waals surface area contributed by atoms with Crippen LogP contribution in [0.15, 0.2) is 67.0 Å². The summed E-state index contributed by atoms with van der Waals surface area (Å²) in [5, 5.41) is 1.30. The first-order chi connectivity index (χ1) is 17.3. The molecule has 7 heteroatoms. The second-order valence-corrected chi connectivity index (χ2v) is 8.89. The molecular formula is C29H28F4N2O. The van der Waals surface area contributed by atoms with E-state index in [9.17, 15) is 13.2 Å². The Kier molecular flexibility index (Phi) is 8.18. The van der Waals surface area contributed by atoms with Crippen molar-refractivity contribution in [2.75, 3.05) is 6.61 Å². The van der Waals surface area contributed by atoms with Crippen LogP contribution in [0, 0.1) is 5.82 Å². The Labute approximate surface area is 208 Å². The van der Waals surface area contributed by atoms with Gasteiger partial charge in [0.2, 0.25) is 0 Å². The zero-order chi connectivity index (χ0) is 25.5. The number of rotatable bonds is 10. The minimum atomic E-state index is -4.38. The highest BCUT2D eigenvalue weighted by atomic mass is 19.4. The highest BCUT2D eigenvalue weighted by Crippen LogP contribution is 2.27. The molecule has 0 saturated carbocycles. The fraction of sp³-hybridized carbons (Fsp3) is 0.310. The molecule has 0 aliphatic carbocycles. The molecule has 0 atom stereocenters. The van der Waals surface area contributed by atoms with Crippen LogP contribution >= 0.6 is 0 Å². The normalized spacial score (nSPS) is 11.7. The first-order valence-corrected chi connectivity index (χ1v) is 12.1. The van der Waals surface area contributed by atoms with Gasteiger partial charge in [-0.05, 0) is 66.0 Å². The standard InChI is InChI=1S/C29H28F4N2O/c1-2-3-4-5-21-17-34-28(35-18-21)24-12-15-26-23(16-24)11-10-22(27(26)30)9-6-20-7-13-25(14-8-20)36-19-29(31,32)33/h7-8,10-18H,2-6,9,19H2,1H3. The minimum Gasteiger partial charge on any atom is -0.484 e. The predicted molar refractivity (Wildman–Crippen MR) is 134 cm³/mol. The number of halogens is 4. The number of nitrogens with zero attached hydrogens (tertiary/aromatic N) is 2. The summed E-state index contributed by atoms with van der Waals surface area (Å²) in [5.74, 6) is 0.499. The highest BCUT2D eigenvalue weighted by molar-refractivity contribution is 5.87. The zero-order valence-corrected chi connectivity index (χ0v) is 20.1. The molecule has 0 aliphatic rings. The van der Waals surface area contributed by atoms with Crippen molar-refractivity contribution in [3.8, 4) is 17.1 Å². The zero-order valence-electron chi connectivity index (χ0n) is 20.1. The molecule has 3 nitrogen and oxygen atoms in total. The monoisotopic (exact) mass is 496 g/mol. The second-order valence-electron chi connectivity index (χ2n) is 8.89. The first kappa shape index (κ1) is 25.6. The van der Waals surface area contributed by atoms with Gasteiger partial charge in [0.05, 0.1) is 0 Å². The number of alkyl halides is 3. The highest BCUT2D eigenvalue weighted by Gasteiger charge is 2.28. The van der Waals surface area contributed by atoms with Gasteiger partial charge in [-0.25, -0.2) is 14.4 Å². The molecule has 188 valence electrons. The molecule has 0 bridgehead atoms. The summed E-state index contributed by atoms with van der Waals surface area (Å²) in [6, 6.07) is 15.6. The maximum absolute atomic E-state index is 15.2. The molecule has 0 spiro atoms. The Morgan fingerprint density at radius 3 is 2.25 bits per heavy atom. The molecule has 0 fully saturated rings. The van der Waals surface area contributed by atoms with Crippen molar-refractivity contribution in [3.05, 3.63) is 89.5 Å². The molecule has 0 N–H and O–H groups in total. The minimum absolute atomic E-state index is 0.152. The van der Waals surface area contributed by atoms with E-state index in [0.717, 1.165) is 34.9 Å². The lowest BCUT2D eigenvalue weighted by Gasteiger charge is -2.10. The second kappa shape index (κ2) is 11.5. The number of hydrogen-bond donors (Lipinski definition) is 0.